The second-order valence-corrected chi connectivity index (χ2v) is 5.52. The van der Waals surface area contributed by atoms with Gasteiger partial charge in [-0.05, 0) is 46.8 Å². The van der Waals surface area contributed by atoms with Crippen LogP contribution < -0.4 is 0 Å². The molecular formula is C13H14BrClO2. The molecule has 0 aromatic heterocycles. The Balaban J connectivity index is 2.06. The van der Waals surface area contributed by atoms with Crippen LogP contribution in [0.2, 0.25) is 5.02 Å². The van der Waals surface area contributed by atoms with Gasteiger partial charge in [0.15, 0.2) is 5.78 Å². The van der Waals surface area contributed by atoms with Crippen molar-refractivity contribution in [3.05, 3.63) is 33.3 Å². The zero-order valence-corrected chi connectivity index (χ0v) is 11.8. The molecular weight excluding hydrogens is 303 g/mol. The highest BCUT2D eigenvalue weighted by Crippen LogP contribution is 2.29. The molecule has 1 aromatic rings. The molecule has 0 spiro atoms. The molecule has 1 aliphatic rings. The molecule has 0 radical (unpaired) electrons. The van der Waals surface area contributed by atoms with E-state index < -0.39 is 0 Å². The highest BCUT2D eigenvalue weighted by molar-refractivity contribution is 9.10. The normalized spacial score (nSPS) is 17.1. The van der Waals surface area contributed by atoms with E-state index >= 15 is 0 Å². The molecule has 4 heteroatoms. The minimum absolute atomic E-state index is 0.128. The summed E-state index contributed by atoms with van der Waals surface area (Å²) in [5, 5.41) is 0.518. The molecule has 1 aromatic carbocycles. The number of ketones is 1. The standard InChI is InChI=1S/C13H14BrClO2/c14-11-3-1-2-10(13(11)15)12(16)8-9-4-6-17-7-5-9/h1-3,9H,4-8H2. The van der Waals surface area contributed by atoms with Crippen LogP contribution in [0.15, 0.2) is 22.7 Å². The van der Waals surface area contributed by atoms with Gasteiger partial charge in [-0.2, -0.15) is 0 Å². The maximum Gasteiger partial charge on any atom is 0.164 e. The van der Waals surface area contributed by atoms with Crippen molar-refractivity contribution in [2.45, 2.75) is 19.3 Å². The van der Waals surface area contributed by atoms with Gasteiger partial charge in [0.1, 0.15) is 0 Å². The Morgan fingerprint density at radius 1 is 1.41 bits per heavy atom. The summed E-state index contributed by atoms with van der Waals surface area (Å²) in [6.07, 6.45) is 2.51. The lowest BCUT2D eigenvalue weighted by atomic mass is 9.92. The van der Waals surface area contributed by atoms with E-state index in [0.717, 1.165) is 30.5 Å². The molecule has 2 rings (SSSR count). The predicted octanol–water partition coefficient (Wildman–Crippen LogP) is 4.10. The summed E-state index contributed by atoms with van der Waals surface area (Å²) in [4.78, 5) is 12.1. The van der Waals surface area contributed by atoms with Crippen molar-refractivity contribution in [1.82, 2.24) is 0 Å². The molecule has 92 valence electrons. The van der Waals surface area contributed by atoms with Gasteiger partial charge < -0.3 is 4.74 Å². The van der Waals surface area contributed by atoms with E-state index in [0.29, 0.717) is 22.9 Å². The average Bonchev–Trinajstić information content (AvgIpc) is 2.34. The molecule has 1 heterocycles. The fraction of sp³-hybridized carbons (Fsp3) is 0.462. The summed E-state index contributed by atoms with van der Waals surface area (Å²) in [5.74, 6) is 0.564. The summed E-state index contributed by atoms with van der Waals surface area (Å²) in [7, 11) is 0. The average molecular weight is 318 g/mol. The van der Waals surface area contributed by atoms with Gasteiger partial charge in [-0.3, -0.25) is 4.79 Å². The molecule has 2 nitrogen and oxygen atoms in total. The minimum Gasteiger partial charge on any atom is -0.381 e. The third kappa shape index (κ3) is 3.30. The second kappa shape index (κ2) is 5.98. The lowest BCUT2D eigenvalue weighted by Gasteiger charge is -2.21. The number of ether oxygens (including phenoxy) is 1. The van der Waals surface area contributed by atoms with Crippen LogP contribution in [0.25, 0.3) is 0 Å². The summed E-state index contributed by atoms with van der Waals surface area (Å²) in [6.45, 7) is 1.54. The molecule has 0 amide bonds. The van der Waals surface area contributed by atoms with Crippen LogP contribution in [-0.2, 0) is 4.74 Å². The van der Waals surface area contributed by atoms with Crippen molar-refractivity contribution in [2.24, 2.45) is 5.92 Å². The van der Waals surface area contributed by atoms with Crippen LogP contribution in [0, 0.1) is 5.92 Å². The summed E-state index contributed by atoms with van der Waals surface area (Å²) < 4.78 is 6.06. The van der Waals surface area contributed by atoms with Gasteiger partial charge in [-0.1, -0.05) is 17.7 Å². The van der Waals surface area contributed by atoms with Crippen LogP contribution in [0.1, 0.15) is 29.6 Å². The third-order valence-electron chi connectivity index (χ3n) is 3.07. The summed E-state index contributed by atoms with van der Waals surface area (Å²) >= 11 is 9.45. The summed E-state index contributed by atoms with van der Waals surface area (Å²) in [6, 6.07) is 5.47. The number of benzene rings is 1. The van der Waals surface area contributed by atoms with Gasteiger partial charge in [0, 0.05) is 29.7 Å². The SMILES string of the molecule is O=C(CC1CCOCC1)c1cccc(Br)c1Cl. The zero-order chi connectivity index (χ0) is 12.3. The van der Waals surface area contributed by atoms with E-state index in [1.54, 1.807) is 6.07 Å². The number of Topliss-reactive ketones (excluding diaryl/α,β-unsaturated/α-hetero) is 1. The molecule has 0 aliphatic carbocycles. The Hall–Kier alpha value is -0.380. The van der Waals surface area contributed by atoms with E-state index in [-0.39, 0.29) is 5.78 Å². The van der Waals surface area contributed by atoms with Crippen molar-refractivity contribution < 1.29 is 9.53 Å². The van der Waals surface area contributed by atoms with Gasteiger partial charge in [-0.25, -0.2) is 0 Å². The number of hydrogen-bond acceptors (Lipinski definition) is 2. The Kier molecular flexibility index (Phi) is 4.60. The first-order valence-electron chi connectivity index (χ1n) is 5.73. The number of carbonyl (C=O) groups is 1. The molecule has 1 fully saturated rings. The van der Waals surface area contributed by atoms with Crippen LogP contribution in [0.5, 0.6) is 0 Å². The molecule has 1 saturated heterocycles. The van der Waals surface area contributed by atoms with Crippen molar-refractivity contribution >= 4 is 33.3 Å². The number of rotatable bonds is 3. The van der Waals surface area contributed by atoms with Gasteiger partial charge in [0.05, 0.1) is 5.02 Å². The smallest absolute Gasteiger partial charge is 0.164 e. The highest BCUT2D eigenvalue weighted by Gasteiger charge is 2.20. The maximum atomic E-state index is 12.1. The van der Waals surface area contributed by atoms with E-state index in [2.05, 4.69) is 15.9 Å². The number of carbonyl (C=O) groups excluding carboxylic acids is 1. The van der Waals surface area contributed by atoms with Gasteiger partial charge in [-0.15, -0.1) is 0 Å². The monoisotopic (exact) mass is 316 g/mol. The molecule has 0 saturated carbocycles. The van der Waals surface area contributed by atoms with Gasteiger partial charge in [0.25, 0.3) is 0 Å². The number of halogens is 2. The van der Waals surface area contributed by atoms with Crippen LogP contribution in [0.4, 0.5) is 0 Å². The lowest BCUT2D eigenvalue weighted by molar-refractivity contribution is 0.0601. The Labute approximate surface area is 114 Å². The lowest BCUT2D eigenvalue weighted by Crippen LogP contribution is -2.18. The predicted molar refractivity (Wildman–Crippen MR) is 71.6 cm³/mol. The minimum atomic E-state index is 0.128. The molecule has 0 atom stereocenters. The fourth-order valence-electron chi connectivity index (χ4n) is 2.04. The fourth-order valence-corrected chi connectivity index (χ4v) is 2.64. The van der Waals surface area contributed by atoms with E-state index in [1.807, 2.05) is 12.1 Å². The summed E-state index contributed by atoms with van der Waals surface area (Å²) in [5.41, 5.74) is 0.618. The van der Waals surface area contributed by atoms with Crippen molar-refractivity contribution in [1.29, 1.82) is 0 Å². The van der Waals surface area contributed by atoms with E-state index in [1.165, 1.54) is 0 Å². The first kappa shape index (κ1) is 13.1. The number of hydrogen-bond donors (Lipinski definition) is 0. The van der Waals surface area contributed by atoms with E-state index in [4.69, 9.17) is 16.3 Å². The first-order chi connectivity index (χ1) is 8.18. The molecule has 0 bridgehead atoms. The Morgan fingerprint density at radius 3 is 2.82 bits per heavy atom. The third-order valence-corrected chi connectivity index (χ3v) is 4.36. The first-order valence-corrected chi connectivity index (χ1v) is 6.90. The van der Waals surface area contributed by atoms with Crippen molar-refractivity contribution in [3.63, 3.8) is 0 Å². The van der Waals surface area contributed by atoms with Crippen molar-refractivity contribution in [2.75, 3.05) is 13.2 Å². The molecule has 0 unspecified atom stereocenters. The van der Waals surface area contributed by atoms with Gasteiger partial charge >= 0.3 is 0 Å². The van der Waals surface area contributed by atoms with Crippen molar-refractivity contribution in [3.8, 4) is 0 Å². The second-order valence-electron chi connectivity index (χ2n) is 4.28. The Morgan fingerprint density at radius 2 is 2.12 bits per heavy atom. The van der Waals surface area contributed by atoms with Gasteiger partial charge in [0.2, 0.25) is 0 Å². The van der Waals surface area contributed by atoms with Crippen LogP contribution in [-0.4, -0.2) is 19.0 Å². The zero-order valence-electron chi connectivity index (χ0n) is 9.42. The molecule has 0 N–H and O–H groups in total. The van der Waals surface area contributed by atoms with Crippen LogP contribution >= 0.6 is 27.5 Å². The Bertz CT molecular complexity index is 414. The molecule has 1 aliphatic heterocycles. The van der Waals surface area contributed by atoms with Crippen LogP contribution in [0.3, 0.4) is 0 Å². The topological polar surface area (TPSA) is 26.3 Å². The molecule has 17 heavy (non-hydrogen) atoms. The highest BCUT2D eigenvalue weighted by atomic mass is 79.9. The van der Waals surface area contributed by atoms with E-state index in [9.17, 15) is 4.79 Å². The quantitative estimate of drug-likeness (QED) is 0.785. The maximum absolute atomic E-state index is 12.1. The largest absolute Gasteiger partial charge is 0.381 e.